The summed E-state index contributed by atoms with van der Waals surface area (Å²) in [5.41, 5.74) is 0. The van der Waals surface area contributed by atoms with Crippen molar-refractivity contribution >= 4 is 0 Å². The molecule has 9 heavy (non-hydrogen) atoms. The van der Waals surface area contributed by atoms with Gasteiger partial charge in [-0.1, -0.05) is 33.1 Å². The summed E-state index contributed by atoms with van der Waals surface area (Å²) in [6.45, 7) is 4.00. The van der Waals surface area contributed by atoms with Gasteiger partial charge in [-0.3, -0.25) is 0 Å². The van der Waals surface area contributed by atoms with Crippen molar-refractivity contribution in [1.29, 1.82) is 0 Å². The third-order valence-electron chi connectivity index (χ3n) is 2.72. The Bertz CT molecular complexity index is 66.1. The Labute approximate surface area is 58.7 Å². The van der Waals surface area contributed by atoms with Gasteiger partial charge >= 0.3 is 0 Å². The first-order chi connectivity index (χ1) is 4.47. The van der Waals surface area contributed by atoms with Crippen LogP contribution in [-0.4, -0.2) is 0 Å². The van der Waals surface area contributed by atoms with E-state index in [4.69, 9.17) is 0 Å². The van der Waals surface area contributed by atoms with Crippen molar-refractivity contribution in [3.63, 3.8) is 0 Å². The van der Waals surface area contributed by atoms with Gasteiger partial charge in [0.2, 0.25) is 0 Å². The molecule has 0 aromatic heterocycles. The molecular weight excluding hydrogens is 108 g/mol. The average molecular weight is 126 g/mol. The van der Waals surface area contributed by atoms with Crippen molar-refractivity contribution < 1.29 is 0 Å². The average Bonchev–Trinajstić information content (AvgIpc) is 2.17. The van der Waals surface area contributed by atoms with Crippen LogP contribution in [0, 0.1) is 11.8 Å². The van der Waals surface area contributed by atoms with Crippen LogP contribution in [0.3, 0.4) is 0 Å². The summed E-state index contributed by atoms with van der Waals surface area (Å²) in [5, 5.41) is 0. The van der Waals surface area contributed by atoms with E-state index in [1.54, 1.807) is 25.7 Å². The standard InChI is InChI=1S/C7H12.C2H6/c1-2-6-4-5-7(6)3-1;1-2/h6-7H,1-5H2;1-2H3/t6-,7?;/m1./s1. The second kappa shape index (κ2) is 3.24. The molecule has 1 unspecified atom stereocenters. The normalized spacial score (nSPS) is 38.0. The van der Waals surface area contributed by atoms with E-state index in [1.807, 2.05) is 13.8 Å². The van der Waals surface area contributed by atoms with E-state index < -0.39 is 0 Å². The molecule has 0 bridgehead atoms. The van der Waals surface area contributed by atoms with E-state index in [2.05, 4.69) is 0 Å². The summed E-state index contributed by atoms with van der Waals surface area (Å²) < 4.78 is 0. The highest BCUT2D eigenvalue weighted by Crippen LogP contribution is 2.46. The summed E-state index contributed by atoms with van der Waals surface area (Å²) in [6.07, 6.45) is 7.78. The molecule has 0 aromatic rings. The first kappa shape index (κ1) is 7.11. The van der Waals surface area contributed by atoms with Crippen LogP contribution in [0.25, 0.3) is 0 Å². The zero-order chi connectivity index (χ0) is 6.69. The van der Waals surface area contributed by atoms with Crippen LogP contribution in [0.15, 0.2) is 0 Å². The molecule has 2 rings (SSSR count). The molecule has 0 amide bonds. The Kier molecular flexibility index (Phi) is 2.56. The van der Waals surface area contributed by atoms with E-state index in [0.29, 0.717) is 0 Å². The van der Waals surface area contributed by atoms with Gasteiger partial charge in [0.25, 0.3) is 0 Å². The number of fused-ring (bicyclic) bond motifs is 1. The second-order valence-corrected chi connectivity index (χ2v) is 3.03. The molecule has 54 valence electrons. The Hall–Kier alpha value is 0. The van der Waals surface area contributed by atoms with Crippen molar-refractivity contribution in [2.75, 3.05) is 0 Å². The Morgan fingerprint density at radius 3 is 1.44 bits per heavy atom. The predicted octanol–water partition coefficient (Wildman–Crippen LogP) is 3.22. The van der Waals surface area contributed by atoms with Crippen molar-refractivity contribution in [3.8, 4) is 0 Å². The number of hydrogen-bond donors (Lipinski definition) is 0. The molecule has 0 aromatic carbocycles. The molecule has 0 saturated heterocycles. The van der Waals surface area contributed by atoms with E-state index in [1.165, 1.54) is 18.3 Å². The molecule has 2 atom stereocenters. The van der Waals surface area contributed by atoms with Gasteiger partial charge in [-0.15, -0.1) is 0 Å². The lowest BCUT2D eigenvalue weighted by Crippen LogP contribution is -2.18. The van der Waals surface area contributed by atoms with Crippen LogP contribution < -0.4 is 0 Å². The molecule has 0 nitrogen and oxygen atoms in total. The van der Waals surface area contributed by atoms with E-state index >= 15 is 0 Å². The molecule has 2 aliphatic carbocycles. The van der Waals surface area contributed by atoms with Gasteiger partial charge < -0.3 is 0 Å². The van der Waals surface area contributed by atoms with E-state index in [0.717, 1.165) is 0 Å². The molecule has 2 aliphatic rings. The van der Waals surface area contributed by atoms with Crippen LogP contribution in [0.1, 0.15) is 46.0 Å². The van der Waals surface area contributed by atoms with Crippen LogP contribution >= 0.6 is 0 Å². The molecule has 0 aliphatic heterocycles. The minimum absolute atomic E-state index is 1.19. The lowest BCUT2D eigenvalue weighted by atomic mass is 9.77. The predicted molar refractivity (Wildman–Crippen MR) is 41.4 cm³/mol. The molecule has 2 saturated carbocycles. The first-order valence-corrected chi connectivity index (χ1v) is 4.47. The van der Waals surface area contributed by atoms with Crippen LogP contribution in [-0.2, 0) is 0 Å². The molecular formula is C9H18. The Morgan fingerprint density at radius 1 is 0.778 bits per heavy atom. The van der Waals surface area contributed by atoms with Gasteiger partial charge in [0.15, 0.2) is 0 Å². The lowest BCUT2D eigenvalue weighted by Gasteiger charge is -2.29. The maximum atomic E-state index is 2.00. The fourth-order valence-corrected chi connectivity index (χ4v) is 2.04. The quantitative estimate of drug-likeness (QED) is 0.467. The van der Waals surface area contributed by atoms with Gasteiger partial charge in [0.1, 0.15) is 0 Å². The van der Waals surface area contributed by atoms with E-state index in [-0.39, 0.29) is 0 Å². The van der Waals surface area contributed by atoms with Crippen molar-refractivity contribution in [3.05, 3.63) is 0 Å². The molecule has 0 N–H and O–H groups in total. The largest absolute Gasteiger partial charge is 0.0683 e. The topological polar surface area (TPSA) is 0 Å². The Morgan fingerprint density at radius 2 is 1.22 bits per heavy atom. The second-order valence-electron chi connectivity index (χ2n) is 3.03. The summed E-state index contributed by atoms with van der Waals surface area (Å²) in [6, 6.07) is 0. The summed E-state index contributed by atoms with van der Waals surface area (Å²) in [4.78, 5) is 0. The first-order valence-electron chi connectivity index (χ1n) is 4.47. The van der Waals surface area contributed by atoms with E-state index in [9.17, 15) is 0 Å². The number of hydrogen-bond acceptors (Lipinski definition) is 0. The highest BCUT2D eigenvalue weighted by atomic mass is 14.4. The molecule has 0 heterocycles. The van der Waals surface area contributed by atoms with Crippen LogP contribution in [0.2, 0.25) is 0 Å². The molecule has 2 fully saturated rings. The summed E-state index contributed by atoms with van der Waals surface area (Å²) in [7, 11) is 0. The number of rotatable bonds is 0. The third kappa shape index (κ3) is 1.28. The maximum absolute atomic E-state index is 2.00. The van der Waals surface area contributed by atoms with Crippen molar-refractivity contribution in [1.82, 2.24) is 0 Å². The molecule has 0 spiro atoms. The minimum atomic E-state index is 1.19. The van der Waals surface area contributed by atoms with Gasteiger partial charge in [0, 0.05) is 0 Å². The highest BCUT2D eigenvalue weighted by molar-refractivity contribution is 4.85. The van der Waals surface area contributed by atoms with Gasteiger partial charge in [-0.05, 0) is 24.7 Å². The van der Waals surface area contributed by atoms with Gasteiger partial charge in [0.05, 0.1) is 0 Å². The maximum Gasteiger partial charge on any atom is -0.0386 e. The van der Waals surface area contributed by atoms with Crippen LogP contribution in [0.4, 0.5) is 0 Å². The van der Waals surface area contributed by atoms with Gasteiger partial charge in [-0.25, -0.2) is 0 Å². The highest BCUT2D eigenvalue weighted by Gasteiger charge is 2.34. The van der Waals surface area contributed by atoms with Crippen LogP contribution in [0.5, 0.6) is 0 Å². The fraction of sp³-hybridized carbons (Fsp3) is 1.00. The summed E-state index contributed by atoms with van der Waals surface area (Å²) in [5.74, 6) is 2.39. The molecule has 0 radical (unpaired) electrons. The fourth-order valence-electron chi connectivity index (χ4n) is 2.04. The van der Waals surface area contributed by atoms with Crippen molar-refractivity contribution in [2.45, 2.75) is 46.0 Å². The smallest absolute Gasteiger partial charge is 0.0386 e. The lowest BCUT2D eigenvalue weighted by molar-refractivity contribution is 0.219. The summed E-state index contributed by atoms with van der Waals surface area (Å²) >= 11 is 0. The zero-order valence-corrected chi connectivity index (χ0v) is 6.69. The minimum Gasteiger partial charge on any atom is -0.0683 e. The zero-order valence-electron chi connectivity index (χ0n) is 6.69. The van der Waals surface area contributed by atoms with Crippen molar-refractivity contribution in [2.24, 2.45) is 11.8 Å². The third-order valence-corrected chi connectivity index (χ3v) is 2.72. The van der Waals surface area contributed by atoms with Gasteiger partial charge in [-0.2, -0.15) is 0 Å². The molecule has 0 heteroatoms. The monoisotopic (exact) mass is 126 g/mol. The Balaban J connectivity index is 0.000000186. The SMILES string of the molecule is C1CC2CC[C@H]2C1.CC.